The van der Waals surface area contributed by atoms with Gasteiger partial charge in [-0.15, -0.1) is 4.83 Å². The molecule has 10 nitrogen and oxygen atoms in total. The molecular weight excluding hydrogens is 516 g/mol. The Labute approximate surface area is 208 Å². The number of rotatable bonds is 10. The maximum atomic E-state index is 12.9. The van der Waals surface area contributed by atoms with E-state index < -0.39 is 31.5 Å². The number of fused-ring (bicyclic) bond motifs is 1. The van der Waals surface area contributed by atoms with E-state index >= 15 is 0 Å². The topological polar surface area (TPSA) is 146 Å². The second-order valence-corrected chi connectivity index (χ2v) is 11.6. The van der Waals surface area contributed by atoms with Gasteiger partial charge in [-0.1, -0.05) is 25.4 Å². The van der Waals surface area contributed by atoms with Crippen LogP contribution in [0.25, 0.3) is 10.9 Å². The molecule has 0 fully saturated rings. The van der Waals surface area contributed by atoms with Gasteiger partial charge in [0.15, 0.2) is 0 Å². The predicted molar refractivity (Wildman–Crippen MR) is 132 cm³/mol. The number of halogens is 1. The van der Waals surface area contributed by atoms with Crippen molar-refractivity contribution in [2.45, 2.75) is 36.5 Å². The molecule has 0 unspecified atom stereocenters. The molecule has 0 spiro atoms. The number of pyridine rings is 1. The van der Waals surface area contributed by atoms with Crippen molar-refractivity contribution in [3.05, 3.63) is 69.5 Å². The van der Waals surface area contributed by atoms with Crippen molar-refractivity contribution < 1.29 is 21.6 Å². The van der Waals surface area contributed by atoms with E-state index in [1.807, 2.05) is 18.7 Å². The molecule has 3 aromatic rings. The van der Waals surface area contributed by atoms with E-state index in [4.69, 9.17) is 11.6 Å². The van der Waals surface area contributed by atoms with Gasteiger partial charge in [0.2, 0.25) is 10.0 Å². The summed E-state index contributed by atoms with van der Waals surface area (Å²) in [5.74, 6) is -0.800. The molecule has 35 heavy (non-hydrogen) atoms. The number of hydrazine groups is 1. The molecule has 13 heteroatoms. The molecule has 0 aliphatic heterocycles. The highest BCUT2D eigenvalue weighted by Gasteiger charge is 2.24. The lowest BCUT2D eigenvalue weighted by Gasteiger charge is -2.21. The minimum absolute atomic E-state index is 0.0364. The van der Waals surface area contributed by atoms with Crippen molar-refractivity contribution in [3.63, 3.8) is 0 Å². The monoisotopic (exact) mass is 539 g/mol. The van der Waals surface area contributed by atoms with Crippen LogP contribution >= 0.6 is 11.6 Å². The normalized spacial score (nSPS) is 12.2. The van der Waals surface area contributed by atoms with Crippen LogP contribution in [0.15, 0.2) is 57.1 Å². The summed E-state index contributed by atoms with van der Waals surface area (Å²) in [7, 11) is -7.99. The second kappa shape index (κ2) is 10.9. The highest BCUT2D eigenvalue weighted by molar-refractivity contribution is 7.89. The lowest BCUT2D eigenvalue weighted by molar-refractivity contribution is 0.0945. The van der Waals surface area contributed by atoms with E-state index in [2.05, 4.69) is 16.5 Å². The lowest BCUT2D eigenvalue weighted by Crippen LogP contribution is -2.41. The average Bonchev–Trinajstić information content (AvgIpc) is 2.82. The highest BCUT2D eigenvalue weighted by atomic mass is 35.5. The number of hydrogen-bond donors (Lipinski definition) is 3. The molecule has 3 rings (SSSR count). The Bertz CT molecular complexity index is 1500. The zero-order valence-electron chi connectivity index (χ0n) is 19.0. The minimum Gasteiger partial charge on any atom is -0.321 e. The van der Waals surface area contributed by atoms with Gasteiger partial charge in [0, 0.05) is 29.6 Å². The SMILES string of the molecule is CCCN(CCC)S(=O)(=O)c1ccc(C(=O)NNS(=O)(=O)c2cc3c[c]c(=O)[nH]c3cc2Cl)cc1. The maximum absolute atomic E-state index is 12.9. The van der Waals surface area contributed by atoms with Gasteiger partial charge in [0.25, 0.3) is 21.5 Å². The van der Waals surface area contributed by atoms with Crippen LogP contribution in [0.4, 0.5) is 0 Å². The molecule has 1 aromatic heterocycles. The van der Waals surface area contributed by atoms with Gasteiger partial charge in [0.1, 0.15) is 4.90 Å². The standard InChI is InChI=1S/C22H24ClN4O6S2/c1-3-11-27(12-4-2)35(32,33)17-8-5-15(6-9-17)22(29)25-26-34(30,31)20-13-16-7-10-21(28)24-19(16)14-18(20)23/h5-9,13-14,26H,3-4,11-12H2,1-2H3,(H,24,28)(H,25,29). The van der Waals surface area contributed by atoms with Crippen LogP contribution in [-0.4, -0.2) is 45.1 Å². The van der Waals surface area contributed by atoms with Crippen molar-refractivity contribution in [2.24, 2.45) is 0 Å². The first kappa shape index (κ1) is 26.8. The second-order valence-electron chi connectivity index (χ2n) is 7.60. The van der Waals surface area contributed by atoms with Crippen molar-refractivity contribution >= 4 is 48.5 Å². The molecule has 1 amide bonds. The van der Waals surface area contributed by atoms with Crippen LogP contribution in [0.3, 0.4) is 0 Å². The summed E-state index contributed by atoms with van der Waals surface area (Å²) in [6.45, 7) is 4.53. The Morgan fingerprint density at radius 2 is 1.69 bits per heavy atom. The minimum atomic E-state index is -4.27. The molecule has 187 valence electrons. The Kier molecular flexibility index (Phi) is 8.34. The molecule has 0 saturated heterocycles. The molecule has 0 bridgehead atoms. The highest BCUT2D eigenvalue weighted by Crippen LogP contribution is 2.25. The Hall–Kier alpha value is -2.77. The van der Waals surface area contributed by atoms with E-state index in [1.54, 1.807) is 0 Å². The molecule has 1 heterocycles. The summed E-state index contributed by atoms with van der Waals surface area (Å²) in [4.78, 5) is 28.0. The first-order valence-electron chi connectivity index (χ1n) is 10.7. The van der Waals surface area contributed by atoms with Crippen LogP contribution in [0.5, 0.6) is 0 Å². The third kappa shape index (κ3) is 6.08. The number of nitrogens with zero attached hydrogens (tertiary/aromatic N) is 1. The summed E-state index contributed by atoms with van der Waals surface area (Å²) in [5.41, 5.74) is 1.96. The largest absolute Gasteiger partial charge is 0.321 e. The summed E-state index contributed by atoms with van der Waals surface area (Å²) in [6, 6.07) is 11.4. The number of carbonyl (C=O) groups is 1. The van der Waals surface area contributed by atoms with Crippen LogP contribution in [0, 0.1) is 6.07 Å². The number of H-pyrrole nitrogens is 1. The van der Waals surface area contributed by atoms with Gasteiger partial charge in [-0.2, -0.15) is 4.31 Å². The molecule has 3 N–H and O–H groups in total. The first-order chi connectivity index (χ1) is 16.5. The third-order valence-electron chi connectivity index (χ3n) is 5.00. The molecule has 0 aliphatic carbocycles. The zero-order chi connectivity index (χ0) is 25.8. The van der Waals surface area contributed by atoms with Crippen LogP contribution in [0.1, 0.15) is 37.0 Å². The first-order valence-corrected chi connectivity index (χ1v) is 14.0. The van der Waals surface area contributed by atoms with E-state index in [9.17, 15) is 26.4 Å². The summed E-state index contributed by atoms with van der Waals surface area (Å²) < 4.78 is 52.5. The Balaban J connectivity index is 1.76. The van der Waals surface area contributed by atoms with Gasteiger partial charge in [-0.05, 0) is 55.3 Å². The van der Waals surface area contributed by atoms with Crippen LogP contribution in [0.2, 0.25) is 5.02 Å². The van der Waals surface area contributed by atoms with Crippen LogP contribution in [-0.2, 0) is 20.0 Å². The van der Waals surface area contributed by atoms with E-state index in [0.29, 0.717) is 36.8 Å². The van der Waals surface area contributed by atoms with Crippen molar-refractivity contribution in [1.82, 2.24) is 19.5 Å². The van der Waals surface area contributed by atoms with Crippen molar-refractivity contribution in [3.8, 4) is 0 Å². The fourth-order valence-electron chi connectivity index (χ4n) is 3.32. The molecule has 1 radical (unpaired) electrons. The number of benzene rings is 2. The van der Waals surface area contributed by atoms with E-state index in [0.717, 1.165) is 0 Å². The van der Waals surface area contributed by atoms with Gasteiger partial charge in [0.05, 0.1) is 16.0 Å². The molecule has 0 saturated carbocycles. The van der Waals surface area contributed by atoms with Gasteiger partial charge in [-0.25, -0.2) is 16.8 Å². The Morgan fingerprint density at radius 1 is 1.06 bits per heavy atom. The van der Waals surface area contributed by atoms with E-state index in [-0.39, 0.29) is 20.4 Å². The summed E-state index contributed by atoms with van der Waals surface area (Å²) in [5, 5.41) is 0.206. The van der Waals surface area contributed by atoms with Crippen molar-refractivity contribution in [2.75, 3.05) is 13.1 Å². The number of carbonyl (C=O) groups excluding carboxylic acids is 1. The van der Waals surface area contributed by atoms with Crippen molar-refractivity contribution in [1.29, 1.82) is 0 Å². The number of hydrogen-bond acceptors (Lipinski definition) is 6. The van der Waals surface area contributed by atoms with Crippen LogP contribution < -0.4 is 15.8 Å². The molecular formula is C22H24ClN4O6S2. The van der Waals surface area contributed by atoms with Gasteiger partial charge >= 0.3 is 0 Å². The number of aromatic nitrogens is 1. The number of sulfonamides is 2. The molecule has 0 atom stereocenters. The van der Waals surface area contributed by atoms with Gasteiger partial charge < -0.3 is 4.98 Å². The fraction of sp³-hybridized carbons (Fsp3) is 0.273. The number of amides is 1. The summed E-state index contributed by atoms with van der Waals surface area (Å²) >= 11 is 6.08. The molecule has 0 aliphatic rings. The average molecular weight is 540 g/mol. The smallest absolute Gasteiger partial charge is 0.266 e. The number of aromatic amines is 1. The fourth-order valence-corrected chi connectivity index (χ4v) is 6.35. The quantitative estimate of drug-likeness (QED) is 0.337. The zero-order valence-corrected chi connectivity index (χ0v) is 21.3. The summed E-state index contributed by atoms with van der Waals surface area (Å²) in [6.07, 6.45) is 1.33. The van der Waals surface area contributed by atoms with E-state index in [1.165, 1.54) is 46.8 Å². The Morgan fingerprint density at radius 3 is 2.29 bits per heavy atom. The third-order valence-corrected chi connectivity index (χ3v) is 8.62. The molecule has 2 aromatic carbocycles. The van der Waals surface area contributed by atoms with Gasteiger partial charge in [-0.3, -0.25) is 15.0 Å². The number of nitrogens with one attached hydrogen (secondary N) is 3. The maximum Gasteiger partial charge on any atom is 0.266 e. The predicted octanol–water partition coefficient (Wildman–Crippen LogP) is 2.42. The lowest BCUT2D eigenvalue weighted by atomic mass is 10.2.